The molecule has 0 aromatic heterocycles. The van der Waals surface area contributed by atoms with Gasteiger partial charge in [-0.25, -0.2) is 0 Å². The number of rotatable bonds is 8. The van der Waals surface area contributed by atoms with Gasteiger partial charge in [-0.1, -0.05) is 23.7 Å². The summed E-state index contributed by atoms with van der Waals surface area (Å²) in [4.78, 5) is 4.94. The smallest absolute Gasteiger partial charge is 0.0900 e. The van der Waals surface area contributed by atoms with Crippen LogP contribution in [0.5, 0.6) is 0 Å². The van der Waals surface area contributed by atoms with Crippen LogP contribution < -0.4 is 0 Å². The second-order valence-corrected chi connectivity index (χ2v) is 8.95. The predicted molar refractivity (Wildman–Crippen MR) is 113 cm³/mol. The normalized spacial score (nSPS) is 26.4. The van der Waals surface area contributed by atoms with Crippen molar-refractivity contribution in [1.82, 2.24) is 9.80 Å². The van der Waals surface area contributed by atoms with Gasteiger partial charge in [-0.3, -0.25) is 4.90 Å². The summed E-state index contributed by atoms with van der Waals surface area (Å²) in [6.45, 7) is 11.3. The SMILES string of the molecule is CC1CN(CC2CCN(CC(O)COCc3ccc(Cl)cc3)CC2)CC(C)O1. The number of aliphatic hydroxyl groups excluding tert-OH is 1. The lowest BCUT2D eigenvalue weighted by atomic mass is 9.95. The van der Waals surface area contributed by atoms with E-state index < -0.39 is 6.10 Å². The highest BCUT2D eigenvalue weighted by Gasteiger charge is 2.27. The first-order valence-electron chi connectivity index (χ1n) is 10.6. The van der Waals surface area contributed by atoms with E-state index in [1.165, 1.54) is 19.4 Å². The van der Waals surface area contributed by atoms with Crippen molar-refractivity contribution in [2.75, 3.05) is 45.9 Å². The summed E-state index contributed by atoms with van der Waals surface area (Å²) >= 11 is 5.89. The summed E-state index contributed by atoms with van der Waals surface area (Å²) in [5.74, 6) is 0.757. The Hall–Kier alpha value is -0.690. The number of hydrogen-bond donors (Lipinski definition) is 1. The van der Waals surface area contributed by atoms with E-state index in [1.54, 1.807) is 0 Å². The summed E-state index contributed by atoms with van der Waals surface area (Å²) in [5.41, 5.74) is 1.07. The molecule has 28 heavy (non-hydrogen) atoms. The summed E-state index contributed by atoms with van der Waals surface area (Å²) < 4.78 is 11.5. The van der Waals surface area contributed by atoms with E-state index in [-0.39, 0.29) is 0 Å². The van der Waals surface area contributed by atoms with Crippen LogP contribution in [0.3, 0.4) is 0 Å². The molecule has 0 aliphatic carbocycles. The lowest BCUT2D eigenvalue weighted by Crippen LogP contribution is -2.48. The molecule has 3 unspecified atom stereocenters. The quantitative estimate of drug-likeness (QED) is 0.713. The zero-order chi connectivity index (χ0) is 19.9. The van der Waals surface area contributed by atoms with Crippen LogP contribution in [0.1, 0.15) is 32.3 Å². The van der Waals surface area contributed by atoms with E-state index in [2.05, 4.69) is 23.6 Å². The van der Waals surface area contributed by atoms with E-state index in [1.807, 2.05) is 24.3 Å². The van der Waals surface area contributed by atoms with E-state index in [4.69, 9.17) is 21.1 Å². The molecule has 0 amide bonds. The van der Waals surface area contributed by atoms with Crippen molar-refractivity contribution in [2.24, 2.45) is 5.92 Å². The molecule has 2 aliphatic heterocycles. The number of piperidine rings is 1. The summed E-state index contributed by atoms with van der Waals surface area (Å²) in [6, 6.07) is 7.63. The highest BCUT2D eigenvalue weighted by atomic mass is 35.5. The number of ether oxygens (including phenoxy) is 2. The van der Waals surface area contributed by atoms with Gasteiger partial charge in [0, 0.05) is 31.2 Å². The van der Waals surface area contributed by atoms with Gasteiger partial charge >= 0.3 is 0 Å². The number of nitrogens with zero attached hydrogens (tertiary/aromatic N) is 2. The summed E-state index contributed by atoms with van der Waals surface area (Å²) in [7, 11) is 0. The number of likely N-dealkylation sites (tertiary alicyclic amines) is 1. The standard InChI is InChI=1S/C22H35ClN2O3/c1-17-11-25(12-18(2)28-17)13-19-7-9-24(10-8-19)14-22(26)16-27-15-20-3-5-21(23)6-4-20/h3-6,17-19,22,26H,7-16H2,1-2H3. The Balaban J connectivity index is 1.29. The third-order valence-electron chi connectivity index (χ3n) is 5.68. The van der Waals surface area contributed by atoms with Crippen LogP contribution >= 0.6 is 11.6 Å². The molecule has 3 rings (SSSR count). The number of halogens is 1. The van der Waals surface area contributed by atoms with Crippen LogP contribution in [0.15, 0.2) is 24.3 Å². The van der Waals surface area contributed by atoms with Crippen LogP contribution in [0.4, 0.5) is 0 Å². The molecule has 2 fully saturated rings. The number of morpholine rings is 1. The Kier molecular flexibility index (Phi) is 8.57. The lowest BCUT2D eigenvalue weighted by molar-refractivity contribution is -0.0736. The monoisotopic (exact) mass is 410 g/mol. The molecule has 2 saturated heterocycles. The van der Waals surface area contributed by atoms with Gasteiger partial charge in [0.05, 0.1) is 31.5 Å². The Bertz CT molecular complexity index is 568. The highest BCUT2D eigenvalue weighted by Crippen LogP contribution is 2.21. The molecule has 0 saturated carbocycles. The van der Waals surface area contributed by atoms with Gasteiger partial charge in [0.2, 0.25) is 0 Å². The van der Waals surface area contributed by atoms with Crippen molar-refractivity contribution in [3.63, 3.8) is 0 Å². The minimum Gasteiger partial charge on any atom is -0.389 e. The Morgan fingerprint density at radius 1 is 1.11 bits per heavy atom. The van der Waals surface area contributed by atoms with Gasteiger partial charge in [0.1, 0.15) is 0 Å². The van der Waals surface area contributed by atoms with Crippen LogP contribution in [0.2, 0.25) is 5.02 Å². The van der Waals surface area contributed by atoms with Gasteiger partial charge in [0.15, 0.2) is 0 Å². The second-order valence-electron chi connectivity index (χ2n) is 8.52. The molecule has 1 N–H and O–H groups in total. The van der Waals surface area contributed by atoms with Crippen molar-refractivity contribution in [2.45, 2.75) is 51.6 Å². The number of aliphatic hydroxyl groups is 1. The molecule has 1 aromatic carbocycles. The molecule has 158 valence electrons. The zero-order valence-electron chi connectivity index (χ0n) is 17.2. The van der Waals surface area contributed by atoms with Crippen LogP contribution in [0, 0.1) is 5.92 Å². The molecule has 2 aliphatic rings. The summed E-state index contributed by atoms with van der Waals surface area (Å²) in [6.07, 6.45) is 2.65. The molecule has 0 bridgehead atoms. The number of hydrogen-bond acceptors (Lipinski definition) is 5. The molecule has 2 heterocycles. The van der Waals surface area contributed by atoms with Gasteiger partial charge < -0.3 is 19.5 Å². The first kappa shape index (κ1) is 22.0. The maximum Gasteiger partial charge on any atom is 0.0900 e. The predicted octanol–water partition coefficient (Wildman–Crippen LogP) is 3.04. The molecule has 5 nitrogen and oxygen atoms in total. The molecular formula is C22H35ClN2O3. The Morgan fingerprint density at radius 3 is 2.39 bits per heavy atom. The van der Waals surface area contributed by atoms with Crippen molar-refractivity contribution >= 4 is 11.6 Å². The first-order valence-corrected chi connectivity index (χ1v) is 11.0. The molecule has 3 atom stereocenters. The lowest BCUT2D eigenvalue weighted by Gasteiger charge is -2.39. The van der Waals surface area contributed by atoms with Gasteiger partial charge in [0.25, 0.3) is 0 Å². The van der Waals surface area contributed by atoms with Gasteiger partial charge in [-0.15, -0.1) is 0 Å². The zero-order valence-corrected chi connectivity index (χ0v) is 18.0. The molecule has 0 spiro atoms. The van der Waals surface area contributed by atoms with Gasteiger partial charge in [-0.05, 0) is 63.4 Å². The van der Waals surface area contributed by atoms with E-state index in [9.17, 15) is 5.11 Å². The maximum atomic E-state index is 10.3. The fraction of sp³-hybridized carbons (Fsp3) is 0.727. The Morgan fingerprint density at radius 2 is 1.75 bits per heavy atom. The Labute approximate surface area is 174 Å². The van der Waals surface area contributed by atoms with Crippen LogP contribution in [0.25, 0.3) is 0 Å². The van der Waals surface area contributed by atoms with Crippen molar-refractivity contribution in [3.05, 3.63) is 34.9 Å². The third kappa shape index (κ3) is 7.29. The van der Waals surface area contributed by atoms with Crippen molar-refractivity contribution < 1.29 is 14.6 Å². The summed E-state index contributed by atoms with van der Waals surface area (Å²) in [5, 5.41) is 11.0. The average molecular weight is 411 g/mol. The van der Waals surface area contributed by atoms with Crippen LogP contribution in [-0.2, 0) is 16.1 Å². The maximum absolute atomic E-state index is 10.3. The van der Waals surface area contributed by atoms with E-state index in [0.29, 0.717) is 32.0 Å². The van der Waals surface area contributed by atoms with Crippen LogP contribution in [-0.4, -0.2) is 79.1 Å². The largest absolute Gasteiger partial charge is 0.389 e. The molecule has 1 aromatic rings. The fourth-order valence-corrected chi connectivity index (χ4v) is 4.52. The molecular weight excluding hydrogens is 376 g/mol. The average Bonchev–Trinajstić information content (AvgIpc) is 2.64. The number of β-amino-alcohol motifs (C(OH)–C–C–N with tert-alkyl or cyclic N) is 1. The first-order chi connectivity index (χ1) is 13.5. The minimum atomic E-state index is -0.440. The third-order valence-corrected chi connectivity index (χ3v) is 5.93. The second kappa shape index (κ2) is 10.9. The fourth-order valence-electron chi connectivity index (χ4n) is 4.39. The van der Waals surface area contributed by atoms with Gasteiger partial charge in [-0.2, -0.15) is 0 Å². The number of benzene rings is 1. The van der Waals surface area contributed by atoms with E-state index >= 15 is 0 Å². The molecule has 0 radical (unpaired) electrons. The van der Waals surface area contributed by atoms with E-state index in [0.717, 1.165) is 42.7 Å². The highest BCUT2D eigenvalue weighted by molar-refractivity contribution is 6.30. The topological polar surface area (TPSA) is 45.2 Å². The van der Waals surface area contributed by atoms with Crippen molar-refractivity contribution in [3.8, 4) is 0 Å². The minimum absolute atomic E-state index is 0.340. The van der Waals surface area contributed by atoms with Crippen molar-refractivity contribution in [1.29, 1.82) is 0 Å². The molecule has 6 heteroatoms.